The summed E-state index contributed by atoms with van der Waals surface area (Å²) in [5.74, 6) is 24.9. The molecule has 0 fully saturated rings. The smallest absolute Gasteiger partial charge is 0.170 e. The Bertz CT molecular complexity index is 2200. The molecule has 0 spiro atoms. The molecule has 0 heterocycles. The van der Waals surface area contributed by atoms with Gasteiger partial charge in [0.05, 0.1) is 0 Å². The van der Waals surface area contributed by atoms with Crippen LogP contribution in [0.4, 0.5) is 13.2 Å². The molecule has 0 radical (unpaired) electrons. The van der Waals surface area contributed by atoms with Crippen LogP contribution < -0.4 is 0 Å². The van der Waals surface area contributed by atoms with Gasteiger partial charge in [0.15, 0.2) is 0 Å². The van der Waals surface area contributed by atoms with Gasteiger partial charge in [0.2, 0.25) is 0 Å². The third-order valence-corrected chi connectivity index (χ3v) is 8.22. The second-order valence-corrected chi connectivity index (χ2v) is 11.6. The first-order valence-corrected chi connectivity index (χ1v) is 15.9. The van der Waals surface area contributed by atoms with Gasteiger partial charge in [-0.05, 0) is 90.8 Å². The van der Waals surface area contributed by atoms with E-state index in [1.54, 1.807) is 12.1 Å². The summed E-state index contributed by atoms with van der Waals surface area (Å²) in [5, 5.41) is 0. The van der Waals surface area contributed by atoms with Gasteiger partial charge in [0.1, 0.15) is 5.41 Å². The molecule has 0 aromatic heterocycles. The molecular formula is C47H29F3. The van der Waals surface area contributed by atoms with Gasteiger partial charge in [0.25, 0.3) is 0 Å². The van der Waals surface area contributed by atoms with Crippen LogP contribution in [0.3, 0.4) is 0 Å². The summed E-state index contributed by atoms with van der Waals surface area (Å²) < 4.78 is 46.4. The Labute approximate surface area is 291 Å². The average molecular weight is 651 g/mol. The molecule has 0 N–H and O–H groups in total. The highest BCUT2D eigenvalue weighted by Crippen LogP contribution is 2.46. The number of benzene rings is 6. The van der Waals surface area contributed by atoms with E-state index in [-0.39, 0.29) is 11.1 Å². The monoisotopic (exact) mass is 650 g/mol. The predicted octanol–water partition coefficient (Wildman–Crippen LogP) is 10.2. The summed E-state index contributed by atoms with van der Waals surface area (Å²) in [4.78, 5) is 0. The third-order valence-electron chi connectivity index (χ3n) is 8.22. The molecule has 0 atom stereocenters. The normalized spacial score (nSPS) is 10.6. The summed E-state index contributed by atoms with van der Waals surface area (Å²) in [6.45, 7) is 1.20. The second kappa shape index (κ2) is 15.1. The summed E-state index contributed by atoms with van der Waals surface area (Å²) in [5.41, 5.74) is 2.61. The molecule has 0 amide bonds. The fourth-order valence-electron chi connectivity index (χ4n) is 5.27. The molecular weight excluding hydrogens is 622 g/mol. The van der Waals surface area contributed by atoms with E-state index in [9.17, 15) is 0 Å². The highest BCUT2D eigenvalue weighted by molar-refractivity contribution is 5.60. The van der Waals surface area contributed by atoms with Gasteiger partial charge in [-0.2, -0.15) is 13.2 Å². The van der Waals surface area contributed by atoms with E-state index in [4.69, 9.17) is 0 Å². The lowest BCUT2D eigenvalue weighted by atomic mass is 9.74. The molecule has 0 aliphatic rings. The molecule has 0 nitrogen and oxygen atoms in total. The lowest BCUT2D eigenvalue weighted by molar-refractivity contribution is -0.173. The number of hydrogen-bond acceptors (Lipinski definition) is 0. The highest BCUT2D eigenvalue weighted by atomic mass is 19.4. The van der Waals surface area contributed by atoms with E-state index < -0.39 is 11.6 Å². The van der Waals surface area contributed by atoms with Crippen LogP contribution in [0.25, 0.3) is 0 Å². The van der Waals surface area contributed by atoms with Crippen molar-refractivity contribution in [1.29, 1.82) is 0 Å². The van der Waals surface area contributed by atoms with Gasteiger partial charge in [-0.15, -0.1) is 0 Å². The second-order valence-electron chi connectivity index (χ2n) is 11.6. The van der Waals surface area contributed by atoms with E-state index in [1.165, 1.54) is 31.2 Å². The van der Waals surface area contributed by atoms with Gasteiger partial charge in [-0.3, -0.25) is 0 Å². The maximum absolute atomic E-state index is 15.5. The Morgan fingerprint density at radius 2 is 0.620 bits per heavy atom. The summed E-state index contributed by atoms with van der Waals surface area (Å²) in [6.07, 6.45) is -4.67. The third kappa shape index (κ3) is 7.89. The molecule has 238 valence electrons. The van der Waals surface area contributed by atoms with E-state index in [0.717, 1.165) is 22.3 Å². The van der Waals surface area contributed by atoms with Crippen LogP contribution >= 0.6 is 0 Å². The summed E-state index contributed by atoms with van der Waals surface area (Å²) in [7, 11) is 0. The molecule has 6 aromatic carbocycles. The number of rotatable bonds is 2. The highest BCUT2D eigenvalue weighted by Gasteiger charge is 2.53. The topological polar surface area (TPSA) is 0 Å². The van der Waals surface area contributed by atoms with Crippen LogP contribution in [0.2, 0.25) is 0 Å². The van der Waals surface area contributed by atoms with Crippen molar-refractivity contribution in [3.8, 4) is 47.4 Å². The van der Waals surface area contributed by atoms with Gasteiger partial charge in [-0.1, -0.05) is 132 Å². The zero-order valence-corrected chi connectivity index (χ0v) is 27.1. The minimum Gasteiger partial charge on any atom is -0.170 e. The molecule has 0 saturated heterocycles. The summed E-state index contributed by atoms with van der Waals surface area (Å²) in [6, 6.07) is 46.7. The van der Waals surface area contributed by atoms with Crippen molar-refractivity contribution >= 4 is 0 Å². The summed E-state index contributed by atoms with van der Waals surface area (Å²) >= 11 is 0. The molecule has 3 heteroatoms. The van der Waals surface area contributed by atoms with Crippen LogP contribution in [0.15, 0.2) is 158 Å². The number of halogens is 3. The Hall–Kier alpha value is -6.65. The molecule has 50 heavy (non-hydrogen) atoms. The standard InChI is InChI=1S/C47H29F3/c1-46(47(48,49)50,44-32-30-40(26-22-36-14-6-2-7-15-36)42(34-44)28-24-38-18-10-4-11-19-38)45-33-31-41(27-23-37-16-8-3-9-17-37)43(35-45)29-25-39-20-12-5-13-21-39/h2-21,30-35H,1H3. The maximum atomic E-state index is 15.5. The molecule has 0 saturated carbocycles. The quantitative estimate of drug-likeness (QED) is 0.164. The van der Waals surface area contributed by atoms with Gasteiger partial charge in [-0.25, -0.2) is 0 Å². The number of hydrogen-bond donors (Lipinski definition) is 0. The first-order valence-electron chi connectivity index (χ1n) is 15.9. The zero-order chi connectivity index (χ0) is 34.8. The van der Waals surface area contributed by atoms with Crippen molar-refractivity contribution in [2.45, 2.75) is 18.5 Å². The van der Waals surface area contributed by atoms with Crippen LogP contribution in [-0.4, -0.2) is 6.18 Å². The Morgan fingerprint density at radius 1 is 0.340 bits per heavy atom. The van der Waals surface area contributed by atoms with Gasteiger partial charge in [0, 0.05) is 44.5 Å². The lowest BCUT2D eigenvalue weighted by Gasteiger charge is -2.33. The predicted molar refractivity (Wildman–Crippen MR) is 195 cm³/mol. The lowest BCUT2D eigenvalue weighted by Crippen LogP contribution is -2.40. The van der Waals surface area contributed by atoms with Crippen molar-refractivity contribution in [1.82, 2.24) is 0 Å². The fraction of sp³-hybridized carbons (Fsp3) is 0.0638. The minimum absolute atomic E-state index is 0.0395. The van der Waals surface area contributed by atoms with Crippen LogP contribution in [-0.2, 0) is 5.41 Å². The molecule has 0 bridgehead atoms. The average Bonchev–Trinajstić information content (AvgIpc) is 3.15. The van der Waals surface area contributed by atoms with Crippen molar-refractivity contribution in [3.05, 3.63) is 213 Å². The maximum Gasteiger partial charge on any atom is 0.402 e. The fourth-order valence-corrected chi connectivity index (χ4v) is 5.27. The van der Waals surface area contributed by atoms with Gasteiger partial charge < -0.3 is 0 Å². The Kier molecular flexibility index (Phi) is 10.0. The van der Waals surface area contributed by atoms with E-state index >= 15 is 13.2 Å². The van der Waals surface area contributed by atoms with Crippen molar-refractivity contribution in [2.75, 3.05) is 0 Å². The Morgan fingerprint density at radius 3 is 0.900 bits per heavy atom. The van der Waals surface area contributed by atoms with Crippen LogP contribution in [0.1, 0.15) is 62.6 Å². The van der Waals surface area contributed by atoms with E-state index in [0.29, 0.717) is 22.3 Å². The zero-order valence-electron chi connectivity index (χ0n) is 27.1. The number of alkyl halides is 3. The molecule has 0 aliphatic heterocycles. The molecule has 0 aliphatic carbocycles. The molecule has 6 rings (SSSR count). The van der Waals surface area contributed by atoms with Crippen molar-refractivity contribution in [3.63, 3.8) is 0 Å². The first-order chi connectivity index (χ1) is 24.3. The van der Waals surface area contributed by atoms with Crippen LogP contribution in [0, 0.1) is 47.4 Å². The Balaban J connectivity index is 1.50. The largest absolute Gasteiger partial charge is 0.402 e. The van der Waals surface area contributed by atoms with E-state index in [1.807, 2.05) is 121 Å². The molecule has 0 unspecified atom stereocenters. The van der Waals surface area contributed by atoms with Crippen molar-refractivity contribution < 1.29 is 13.2 Å². The first kappa shape index (κ1) is 33.3. The minimum atomic E-state index is -4.67. The SMILES string of the molecule is CC(c1ccc(C#Cc2ccccc2)c(C#Cc2ccccc2)c1)(c1ccc(C#Cc2ccccc2)c(C#Cc2ccccc2)c1)C(F)(F)F. The molecule has 6 aromatic rings. The van der Waals surface area contributed by atoms with E-state index in [2.05, 4.69) is 47.4 Å². The van der Waals surface area contributed by atoms with Crippen molar-refractivity contribution in [2.24, 2.45) is 0 Å². The van der Waals surface area contributed by atoms with Gasteiger partial charge >= 0.3 is 6.18 Å². The van der Waals surface area contributed by atoms with Crippen LogP contribution in [0.5, 0.6) is 0 Å².